The van der Waals surface area contributed by atoms with Crippen molar-refractivity contribution in [1.29, 1.82) is 0 Å². The summed E-state index contributed by atoms with van der Waals surface area (Å²) in [6, 6.07) is 37.5. The van der Waals surface area contributed by atoms with E-state index < -0.39 is 9.84 Å². The molecule has 5 rings (SSSR count). The maximum absolute atomic E-state index is 11.5. The molecule has 0 amide bonds. The molecule has 0 aliphatic rings. The molecule has 0 aromatic heterocycles. The Kier molecular flexibility index (Phi) is 29.0. The number of rotatable bonds is 13. The molecule has 0 aliphatic carbocycles. The number of halogens is 2. The van der Waals surface area contributed by atoms with Gasteiger partial charge in [0.1, 0.15) is 0 Å². The van der Waals surface area contributed by atoms with E-state index >= 15 is 0 Å². The van der Waals surface area contributed by atoms with Crippen molar-refractivity contribution in [2.45, 2.75) is 70.5 Å². The van der Waals surface area contributed by atoms with Gasteiger partial charge in [-0.3, -0.25) is 0 Å². The first-order valence-electron chi connectivity index (χ1n) is 18.5. The van der Waals surface area contributed by atoms with Gasteiger partial charge >= 0.3 is 11.9 Å². The first-order valence-corrected chi connectivity index (χ1v) is 24.7. The fraction of sp³-hybridized carbons (Fsp3) is 0.289. The maximum Gasteiger partial charge on any atom is 0.338 e. The van der Waals surface area contributed by atoms with Gasteiger partial charge in [-0.15, -0.1) is 71.1 Å². The SMILES string of the molecule is CCS(=O)(=O)c1ccccc1CCl.CCSc1ccccc1C(=O)OC.CCSc1ccccc1CCl.CCSc1ccccc1CO.COC(=O)c1ccccc1S. The molecule has 59 heavy (non-hydrogen) atoms. The van der Waals surface area contributed by atoms with Gasteiger partial charge in [0.2, 0.25) is 0 Å². The normalized spacial score (nSPS) is 10.1. The third-order valence-electron chi connectivity index (χ3n) is 7.59. The van der Waals surface area contributed by atoms with E-state index in [2.05, 4.69) is 55.0 Å². The van der Waals surface area contributed by atoms with Crippen LogP contribution in [0.15, 0.2) is 146 Å². The van der Waals surface area contributed by atoms with Gasteiger partial charge in [0.05, 0.1) is 42.6 Å². The van der Waals surface area contributed by atoms with E-state index in [9.17, 15) is 18.0 Å². The van der Waals surface area contributed by atoms with Crippen LogP contribution in [0, 0.1) is 0 Å². The molecule has 7 nitrogen and oxygen atoms in total. The molecule has 5 aromatic carbocycles. The zero-order chi connectivity index (χ0) is 44.1. The van der Waals surface area contributed by atoms with Gasteiger partial charge in [-0.2, -0.15) is 0 Å². The highest BCUT2D eigenvalue weighted by molar-refractivity contribution is 7.99. The maximum atomic E-state index is 11.5. The molecule has 0 aliphatic heterocycles. The number of aliphatic hydroxyl groups is 1. The van der Waals surface area contributed by atoms with Crippen molar-refractivity contribution < 1.29 is 32.6 Å². The smallest absolute Gasteiger partial charge is 0.338 e. The summed E-state index contributed by atoms with van der Waals surface area (Å²) >= 11 is 20.7. The number of benzene rings is 5. The van der Waals surface area contributed by atoms with E-state index in [-0.39, 0.29) is 30.2 Å². The monoisotopic (exact) mass is 936 g/mol. The molecule has 0 bridgehead atoms. The van der Waals surface area contributed by atoms with E-state index in [0.29, 0.717) is 32.4 Å². The predicted molar refractivity (Wildman–Crippen MR) is 254 cm³/mol. The molecule has 0 atom stereocenters. The van der Waals surface area contributed by atoms with Crippen LogP contribution < -0.4 is 0 Å². The second-order valence-electron chi connectivity index (χ2n) is 11.4. The number of sulfone groups is 1. The summed E-state index contributed by atoms with van der Waals surface area (Å²) in [6.45, 7) is 8.08. The van der Waals surface area contributed by atoms with Crippen molar-refractivity contribution >= 4 is 92.9 Å². The molecule has 320 valence electrons. The molecule has 14 heteroatoms. The first kappa shape index (κ1) is 53.9. The molecular formula is C45H54Cl2O7S5. The molecular weight excluding hydrogens is 884 g/mol. The summed E-state index contributed by atoms with van der Waals surface area (Å²) in [5, 5.41) is 8.93. The standard InChI is InChI=1S/C10H12O2S.C9H11ClO2S.C9H11ClS.C9H12OS.C8H8O2S/c1-3-13-9-7-5-4-6-8(9)10(11)12-2;1-2-13(11,12)9-6-4-3-5-8(9)7-10;2*1-2-11-9-6-4-3-5-8(9)7-10;1-10-8(9)6-4-2-3-5-7(6)11/h4-7H,3H2,1-2H3;3-6H,2,7H2,1H3;3-6H,2,7H2,1H3;3-6,10H,2,7H2,1H3;2-5,11H,1H3. The van der Waals surface area contributed by atoms with Crippen LogP contribution in [-0.2, 0) is 37.7 Å². The highest BCUT2D eigenvalue weighted by Crippen LogP contribution is 2.25. The topological polar surface area (TPSA) is 107 Å². The zero-order valence-electron chi connectivity index (χ0n) is 34.2. The highest BCUT2D eigenvalue weighted by Gasteiger charge is 2.15. The van der Waals surface area contributed by atoms with Crippen molar-refractivity contribution in [3.63, 3.8) is 0 Å². The summed E-state index contributed by atoms with van der Waals surface area (Å²) in [5.74, 6) is 3.45. The quantitative estimate of drug-likeness (QED) is 0.0513. The molecule has 0 saturated carbocycles. The highest BCUT2D eigenvalue weighted by atomic mass is 35.5. The summed E-state index contributed by atoms with van der Waals surface area (Å²) in [6.07, 6.45) is 0. The van der Waals surface area contributed by atoms with Crippen LogP contribution in [0.2, 0.25) is 0 Å². The minimum Gasteiger partial charge on any atom is -0.465 e. The Labute approximate surface area is 379 Å². The minimum absolute atomic E-state index is 0.112. The van der Waals surface area contributed by atoms with Gasteiger partial charge in [0.25, 0.3) is 0 Å². The number of alkyl halides is 2. The van der Waals surface area contributed by atoms with Crippen LogP contribution in [0.25, 0.3) is 0 Å². The van der Waals surface area contributed by atoms with Crippen LogP contribution >= 0.6 is 71.1 Å². The summed E-state index contributed by atoms with van der Waals surface area (Å²) in [7, 11) is -0.377. The van der Waals surface area contributed by atoms with E-state index in [1.54, 1.807) is 79.0 Å². The summed E-state index contributed by atoms with van der Waals surface area (Å²) in [5.41, 5.74) is 4.08. The van der Waals surface area contributed by atoms with Crippen molar-refractivity contribution in [3.8, 4) is 0 Å². The van der Waals surface area contributed by atoms with E-state index in [1.165, 1.54) is 29.6 Å². The average Bonchev–Trinajstić information content (AvgIpc) is 3.27. The first-order chi connectivity index (χ1) is 28.4. The van der Waals surface area contributed by atoms with Crippen LogP contribution in [0.5, 0.6) is 0 Å². The largest absolute Gasteiger partial charge is 0.465 e. The molecule has 0 heterocycles. The van der Waals surface area contributed by atoms with Crippen molar-refractivity contribution in [2.75, 3.05) is 37.2 Å². The Morgan fingerprint density at radius 1 is 0.576 bits per heavy atom. The van der Waals surface area contributed by atoms with Crippen LogP contribution in [-0.4, -0.2) is 62.7 Å². The van der Waals surface area contributed by atoms with E-state index in [0.717, 1.165) is 27.7 Å². The number of carbonyl (C=O) groups excluding carboxylic acids is 2. The Bertz CT molecular complexity index is 2030. The van der Waals surface area contributed by atoms with Gasteiger partial charge in [0, 0.05) is 31.3 Å². The third-order valence-corrected chi connectivity index (χ3v) is 13.3. The number of thiol groups is 1. The summed E-state index contributed by atoms with van der Waals surface area (Å²) < 4.78 is 32.2. The fourth-order valence-electron chi connectivity index (χ4n) is 4.70. The lowest BCUT2D eigenvalue weighted by Gasteiger charge is -2.05. The van der Waals surface area contributed by atoms with Gasteiger partial charge < -0.3 is 14.6 Å². The Hall–Kier alpha value is -3.07. The lowest BCUT2D eigenvalue weighted by Crippen LogP contribution is -2.06. The van der Waals surface area contributed by atoms with Crippen LogP contribution in [0.1, 0.15) is 65.1 Å². The molecule has 0 saturated heterocycles. The van der Waals surface area contributed by atoms with Gasteiger partial charge in [-0.05, 0) is 76.4 Å². The number of thioether (sulfide) groups is 3. The molecule has 0 spiro atoms. The van der Waals surface area contributed by atoms with Crippen LogP contribution in [0.4, 0.5) is 0 Å². The average molecular weight is 938 g/mol. The number of hydrogen-bond acceptors (Lipinski definition) is 11. The zero-order valence-corrected chi connectivity index (χ0v) is 39.9. The fourth-order valence-corrected chi connectivity index (χ4v) is 9.12. The Morgan fingerprint density at radius 3 is 1.44 bits per heavy atom. The number of esters is 2. The minimum atomic E-state index is -3.13. The lowest BCUT2D eigenvalue weighted by atomic mass is 10.2. The molecule has 0 fully saturated rings. The van der Waals surface area contributed by atoms with Gasteiger partial charge in [0.15, 0.2) is 9.84 Å². The van der Waals surface area contributed by atoms with Crippen molar-refractivity contribution in [3.05, 3.63) is 149 Å². The lowest BCUT2D eigenvalue weighted by molar-refractivity contribution is 0.0588. The molecule has 0 radical (unpaired) electrons. The molecule has 0 unspecified atom stereocenters. The Balaban J connectivity index is 0.000000370. The third kappa shape index (κ3) is 19.9. The second kappa shape index (κ2) is 31.8. The molecule has 5 aromatic rings. The number of ether oxygens (including phenoxy) is 2. The van der Waals surface area contributed by atoms with Crippen molar-refractivity contribution in [2.24, 2.45) is 0 Å². The van der Waals surface area contributed by atoms with E-state index in [4.69, 9.17) is 28.3 Å². The van der Waals surface area contributed by atoms with Gasteiger partial charge in [-0.25, -0.2) is 18.0 Å². The Morgan fingerprint density at radius 2 is 0.966 bits per heavy atom. The number of carbonyl (C=O) groups is 2. The van der Waals surface area contributed by atoms with Crippen molar-refractivity contribution in [1.82, 2.24) is 0 Å². The van der Waals surface area contributed by atoms with E-state index in [1.807, 2.05) is 72.4 Å². The second-order valence-corrected chi connectivity index (χ2v) is 18.6. The number of hydrogen-bond donors (Lipinski definition) is 2. The molecule has 1 N–H and O–H groups in total. The van der Waals surface area contributed by atoms with Crippen LogP contribution in [0.3, 0.4) is 0 Å². The predicted octanol–water partition coefficient (Wildman–Crippen LogP) is 12.4. The van der Waals surface area contributed by atoms with Gasteiger partial charge in [-0.1, -0.05) is 107 Å². The number of aliphatic hydroxyl groups excluding tert-OH is 1. The number of methoxy groups -OCH3 is 2. The summed E-state index contributed by atoms with van der Waals surface area (Å²) in [4.78, 5) is 26.7.